The Balaban J connectivity index is 1.82. The Morgan fingerprint density at radius 2 is 1.96 bits per heavy atom. The van der Waals surface area contributed by atoms with Crippen molar-refractivity contribution in [2.24, 2.45) is 5.92 Å². The van der Waals surface area contributed by atoms with Gasteiger partial charge in [-0.1, -0.05) is 0 Å². The van der Waals surface area contributed by atoms with Gasteiger partial charge in [-0.25, -0.2) is 4.79 Å². The van der Waals surface area contributed by atoms with Gasteiger partial charge in [-0.3, -0.25) is 14.9 Å². The number of hydrogen-bond acceptors (Lipinski definition) is 5. The largest absolute Gasteiger partial charge is 0.480 e. The summed E-state index contributed by atoms with van der Waals surface area (Å²) in [6, 6.07) is 3.39. The molecule has 1 aliphatic heterocycles. The smallest absolute Gasteiger partial charge is 0.326 e. The van der Waals surface area contributed by atoms with Gasteiger partial charge >= 0.3 is 5.97 Å². The summed E-state index contributed by atoms with van der Waals surface area (Å²) >= 11 is 0. The van der Waals surface area contributed by atoms with Gasteiger partial charge in [0.1, 0.15) is 11.7 Å². The van der Waals surface area contributed by atoms with Crippen LogP contribution < -0.4 is 10.2 Å². The van der Waals surface area contributed by atoms with E-state index < -0.39 is 22.8 Å². The molecule has 3 rings (SSSR count). The molecule has 1 atom stereocenters. The third-order valence-electron chi connectivity index (χ3n) is 4.53. The van der Waals surface area contributed by atoms with Gasteiger partial charge in [0.25, 0.3) is 11.6 Å². The SMILES string of the molecule is O=C(NC(C(=O)O)C1CC1)c1ccc(N2CCCC2)c([N+](=O)[O-])c1. The molecular formula is C16H19N3O5. The van der Waals surface area contributed by atoms with Crippen LogP contribution in [0.25, 0.3) is 0 Å². The zero-order chi connectivity index (χ0) is 17.3. The summed E-state index contributed by atoms with van der Waals surface area (Å²) in [4.78, 5) is 36.3. The highest BCUT2D eigenvalue weighted by Gasteiger charge is 2.37. The molecule has 2 aliphatic rings. The van der Waals surface area contributed by atoms with E-state index in [0.717, 1.165) is 38.8 Å². The summed E-state index contributed by atoms with van der Waals surface area (Å²) in [6.45, 7) is 1.52. The van der Waals surface area contributed by atoms with Gasteiger partial charge < -0.3 is 15.3 Å². The summed E-state index contributed by atoms with van der Waals surface area (Å²) < 4.78 is 0. The van der Waals surface area contributed by atoms with Gasteiger partial charge in [-0.05, 0) is 43.7 Å². The summed E-state index contributed by atoms with van der Waals surface area (Å²) in [5.41, 5.74) is 0.491. The lowest BCUT2D eigenvalue weighted by molar-refractivity contribution is -0.384. The van der Waals surface area contributed by atoms with Crippen molar-refractivity contribution >= 4 is 23.3 Å². The topological polar surface area (TPSA) is 113 Å². The highest BCUT2D eigenvalue weighted by atomic mass is 16.6. The highest BCUT2D eigenvalue weighted by molar-refractivity contribution is 5.98. The maximum atomic E-state index is 12.3. The van der Waals surface area contributed by atoms with Crippen LogP contribution in [0.5, 0.6) is 0 Å². The van der Waals surface area contributed by atoms with Crippen molar-refractivity contribution in [2.75, 3.05) is 18.0 Å². The average Bonchev–Trinajstić information content (AvgIpc) is 3.24. The predicted octanol–water partition coefficient (Wildman–Crippen LogP) is 1.79. The molecule has 1 unspecified atom stereocenters. The molecule has 2 N–H and O–H groups in total. The number of rotatable bonds is 6. The number of nitro benzene ring substituents is 1. The number of nitro groups is 1. The Kier molecular flexibility index (Phi) is 4.37. The van der Waals surface area contributed by atoms with Crippen LogP contribution in [0.3, 0.4) is 0 Å². The number of nitrogens with one attached hydrogen (secondary N) is 1. The molecule has 1 saturated carbocycles. The van der Waals surface area contributed by atoms with E-state index in [1.807, 2.05) is 4.90 Å². The molecule has 2 fully saturated rings. The van der Waals surface area contributed by atoms with Crippen LogP contribution >= 0.6 is 0 Å². The summed E-state index contributed by atoms with van der Waals surface area (Å²) in [6.07, 6.45) is 3.51. The molecule has 1 heterocycles. The maximum Gasteiger partial charge on any atom is 0.326 e. The van der Waals surface area contributed by atoms with E-state index in [0.29, 0.717) is 5.69 Å². The third kappa shape index (κ3) is 3.32. The number of nitrogens with zero attached hydrogens (tertiary/aromatic N) is 2. The number of aliphatic carboxylic acids is 1. The monoisotopic (exact) mass is 333 g/mol. The van der Waals surface area contributed by atoms with Crippen LogP contribution in [0.4, 0.5) is 11.4 Å². The number of carboxylic acid groups (broad SMARTS) is 1. The first-order valence-electron chi connectivity index (χ1n) is 8.04. The standard InChI is InChI=1S/C16H19N3O5/c20-15(17-14(16(21)22)10-3-4-10)11-5-6-12(13(9-11)19(23)24)18-7-1-2-8-18/h5-6,9-10,14H,1-4,7-8H2,(H,17,20)(H,21,22). The van der Waals surface area contributed by atoms with Crippen molar-refractivity contribution in [3.8, 4) is 0 Å². The zero-order valence-electron chi connectivity index (χ0n) is 13.1. The first kappa shape index (κ1) is 16.2. The highest BCUT2D eigenvalue weighted by Crippen LogP contribution is 2.34. The second kappa shape index (κ2) is 6.46. The number of carbonyl (C=O) groups excluding carboxylic acids is 1. The minimum atomic E-state index is -1.07. The summed E-state index contributed by atoms with van der Waals surface area (Å²) in [5.74, 6) is -1.72. The van der Waals surface area contributed by atoms with Crippen molar-refractivity contribution in [3.63, 3.8) is 0 Å². The fraction of sp³-hybridized carbons (Fsp3) is 0.500. The lowest BCUT2D eigenvalue weighted by Gasteiger charge is -2.18. The van der Waals surface area contributed by atoms with Gasteiger partial charge in [0.05, 0.1) is 4.92 Å². The van der Waals surface area contributed by atoms with E-state index in [9.17, 15) is 24.8 Å². The molecule has 8 nitrogen and oxygen atoms in total. The van der Waals surface area contributed by atoms with Crippen LogP contribution in [0.2, 0.25) is 0 Å². The summed E-state index contributed by atoms with van der Waals surface area (Å²) in [7, 11) is 0. The van der Waals surface area contributed by atoms with E-state index in [2.05, 4.69) is 5.32 Å². The molecule has 1 aromatic rings. The minimum absolute atomic E-state index is 0.0506. The normalized spacial score (nSPS) is 18.2. The molecule has 1 amide bonds. The van der Waals surface area contributed by atoms with E-state index in [4.69, 9.17) is 0 Å². The average molecular weight is 333 g/mol. The second-order valence-electron chi connectivity index (χ2n) is 6.28. The van der Waals surface area contributed by atoms with Crippen LogP contribution in [-0.4, -0.2) is 41.0 Å². The van der Waals surface area contributed by atoms with Crippen LogP contribution in [0.15, 0.2) is 18.2 Å². The Labute approximate surface area is 138 Å². The molecule has 0 spiro atoms. The molecule has 128 valence electrons. The molecule has 8 heteroatoms. The summed E-state index contributed by atoms with van der Waals surface area (Å²) in [5, 5.41) is 23.0. The van der Waals surface area contributed by atoms with Gasteiger partial charge in [-0.15, -0.1) is 0 Å². The van der Waals surface area contributed by atoms with E-state index in [1.165, 1.54) is 12.1 Å². The number of carboxylic acids is 1. The molecule has 1 aliphatic carbocycles. The number of benzene rings is 1. The van der Waals surface area contributed by atoms with Crippen molar-refractivity contribution in [2.45, 2.75) is 31.7 Å². The zero-order valence-corrected chi connectivity index (χ0v) is 13.1. The van der Waals surface area contributed by atoms with Crippen LogP contribution in [0, 0.1) is 16.0 Å². The van der Waals surface area contributed by atoms with Gasteiger partial charge in [0.15, 0.2) is 0 Å². The Bertz CT molecular complexity index is 680. The first-order chi connectivity index (χ1) is 11.5. The Morgan fingerprint density at radius 1 is 1.29 bits per heavy atom. The Morgan fingerprint density at radius 3 is 2.50 bits per heavy atom. The lowest BCUT2D eigenvalue weighted by Crippen LogP contribution is -2.42. The van der Waals surface area contributed by atoms with Gasteiger partial charge in [0, 0.05) is 24.7 Å². The molecule has 0 aromatic heterocycles. The molecular weight excluding hydrogens is 314 g/mol. The molecule has 0 radical (unpaired) electrons. The molecule has 24 heavy (non-hydrogen) atoms. The van der Waals surface area contributed by atoms with Crippen molar-refractivity contribution in [3.05, 3.63) is 33.9 Å². The first-order valence-corrected chi connectivity index (χ1v) is 8.04. The van der Waals surface area contributed by atoms with E-state index in [-0.39, 0.29) is 17.2 Å². The second-order valence-corrected chi connectivity index (χ2v) is 6.28. The van der Waals surface area contributed by atoms with E-state index in [1.54, 1.807) is 6.07 Å². The number of hydrogen-bond donors (Lipinski definition) is 2. The van der Waals surface area contributed by atoms with Crippen molar-refractivity contribution in [1.29, 1.82) is 0 Å². The Hall–Kier alpha value is -2.64. The van der Waals surface area contributed by atoms with Gasteiger partial charge in [0.2, 0.25) is 0 Å². The maximum absolute atomic E-state index is 12.3. The quantitative estimate of drug-likeness (QED) is 0.606. The molecule has 1 saturated heterocycles. The fourth-order valence-electron chi connectivity index (χ4n) is 3.07. The van der Waals surface area contributed by atoms with Crippen LogP contribution in [-0.2, 0) is 4.79 Å². The number of carbonyl (C=O) groups is 2. The lowest BCUT2D eigenvalue weighted by atomic mass is 10.1. The van der Waals surface area contributed by atoms with Gasteiger partial charge in [-0.2, -0.15) is 0 Å². The molecule has 1 aromatic carbocycles. The fourth-order valence-corrected chi connectivity index (χ4v) is 3.07. The van der Waals surface area contributed by atoms with Crippen LogP contribution in [0.1, 0.15) is 36.0 Å². The minimum Gasteiger partial charge on any atom is -0.480 e. The van der Waals surface area contributed by atoms with Crippen molar-refractivity contribution < 1.29 is 19.6 Å². The number of amides is 1. The van der Waals surface area contributed by atoms with Crippen molar-refractivity contribution in [1.82, 2.24) is 5.32 Å². The van der Waals surface area contributed by atoms with E-state index >= 15 is 0 Å². The third-order valence-corrected chi connectivity index (χ3v) is 4.53. The molecule has 0 bridgehead atoms. The number of anilines is 1. The predicted molar refractivity (Wildman–Crippen MR) is 86.2 cm³/mol.